The Labute approximate surface area is 138 Å². The molecule has 0 aromatic heterocycles. The van der Waals surface area contributed by atoms with Gasteiger partial charge in [0, 0.05) is 6.92 Å². The van der Waals surface area contributed by atoms with Crippen molar-refractivity contribution in [2.24, 2.45) is 0 Å². The van der Waals surface area contributed by atoms with Crippen molar-refractivity contribution in [3.8, 4) is 0 Å². The monoisotopic (exact) mass is 360 g/mol. The van der Waals surface area contributed by atoms with Crippen LogP contribution in [0.25, 0.3) is 0 Å². The van der Waals surface area contributed by atoms with E-state index in [0.717, 1.165) is 25.3 Å². The van der Waals surface area contributed by atoms with Crippen LogP contribution < -0.4 is 0 Å². The molecule has 6 heteroatoms. The Kier molecular flexibility index (Phi) is 13.6. The van der Waals surface area contributed by atoms with Crippen LogP contribution in [0.2, 0.25) is 6.04 Å². The SMILES string of the molecule is CC(=O)OCCCCCCCCCCCC[Si](Cl)(Cl)Cl. The van der Waals surface area contributed by atoms with Crippen LogP contribution in [0, 0.1) is 0 Å². The van der Waals surface area contributed by atoms with E-state index in [2.05, 4.69) is 0 Å². The molecule has 0 radical (unpaired) electrons. The summed E-state index contributed by atoms with van der Waals surface area (Å²) in [5.74, 6) is -0.178. The van der Waals surface area contributed by atoms with E-state index in [0.29, 0.717) is 6.61 Å². The summed E-state index contributed by atoms with van der Waals surface area (Å²) in [6, 6.07) is -1.58. The van der Waals surface area contributed by atoms with Gasteiger partial charge in [0.15, 0.2) is 0 Å². The van der Waals surface area contributed by atoms with Gasteiger partial charge in [-0.3, -0.25) is 4.79 Å². The van der Waals surface area contributed by atoms with Crippen LogP contribution in [0.3, 0.4) is 0 Å². The summed E-state index contributed by atoms with van der Waals surface area (Å²) in [6.07, 6.45) is 12.0. The molecular weight excluding hydrogens is 335 g/mol. The first kappa shape index (κ1) is 20.6. The van der Waals surface area contributed by atoms with Crippen LogP contribution in [-0.2, 0) is 9.53 Å². The molecule has 0 spiro atoms. The van der Waals surface area contributed by atoms with Gasteiger partial charge in [0.05, 0.1) is 6.61 Å². The number of carbonyl (C=O) groups excluding carboxylic acids is 1. The molecule has 0 aliphatic carbocycles. The Bertz CT molecular complexity index is 245. The summed E-state index contributed by atoms with van der Waals surface area (Å²) in [7, 11) is 0. The lowest BCUT2D eigenvalue weighted by Crippen LogP contribution is -2.07. The number of hydrogen-bond acceptors (Lipinski definition) is 2. The van der Waals surface area contributed by atoms with Crippen LogP contribution in [0.4, 0.5) is 0 Å². The van der Waals surface area contributed by atoms with Crippen molar-refractivity contribution in [2.75, 3.05) is 6.61 Å². The van der Waals surface area contributed by atoms with Crippen molar-refractivity contribution in [1.29, 1.82) is 0 Å². The average Bonchev–Trinajstić information content (AvgIpc) is 2.33. The maximum Gasteiger partial charge on any atom is 0.341 e. The summed E-state index contributed by atoms with van der Waals surface area (Å²) >= 11 is 17.5. The molecule has 0 aliphatic rings. The van der Waals surface area contributed by atoms with Crippen LogP contribution in [0.1, 0.15) is 71.1 Å². The van der Waals surface area contributed by atoms with Gasteiger partial charge in [-0.25, -0.2) is 0 Å². The fraction of sp³-hybridized carbons (Fsp3) is 0.929. The molecule has 0 heterocycles. The summed E-state index contributed by atoms with van der Waals surface area (Å²) < 4.78 is 4.88. The zero-order valence-corrected chi connectivity index (χ0v) is 15.7. The van der Waals surface area contributed by atoms with Gasteiger partial charge in [-0.2, -0.15) is 0 Å². The van der Waals surface area contributed by atoms with E-state index in [4.69, 9.17) is 38.0 Å². The second-order valence-electron chi connectivity index (χ2n) is 5.24. The van der Waals surface area contributed by atoms with E-state index in [1.165, 1.54) is 51.9 Å². The van der Waals surface area contributed by atoms with E-state index in [-0.39, 0.29) is 5.97 Å². The van der Waals surface area contributed by atoms with E-state index in [9.17, 15) is 4.79 Å². The quantitative estimate of drug-likeness (QED) is 0.171. The highest BCUT2D eigenvalue weighted by Gasteiger charge is 2.23. The fourth-order valence-corrected chi connectivity index (χ4v) is 3.91. The van der Waals surface area contributed by atoms with E-state index in [1.54, 1.807) is 0 Å². The van der Waals surface area contributed by atoms with Gasteiger partial charge in [0.2, 0.25) is 0 Å². The zero-order chi connectivity index (χ0) is 15.3. The van der Waals surface area contributed by atoms with Crippen molar-refractivity contribution in [1.82, 2.24) is 0 Å². The number of carbonyl (C=O) groups is 1. The minimum absolute atomic E-state index is 0.178. The molecule has 0 N–H and O–H groups in total. The number of ether oxygens (including phenoxy) is 1. The Hall–Kier alpha value is 0.557. The number of rotatable bonds is 13. The van der Waals surface area contributed by atoms with Crippen molar-refractivity contribution in [2.45, 2.75) is 77.2 Å². The molecule has 0 fully saturated rings. The first-order chi connectivity index (χ1) is 9.42. The third kappa shape index (κ3) is 18.6. The minimum atomic E-state index is -2.38. The maximum absolute atomic E-state index is 10.5. The van der Waals surface area contributed by atoms with E-state index >= 15 is 0 Å². The standard InChI is InChI=1S/C14H27Cl3O2Si/c1-14(18)19-12-10-8-6-4-2-3-5-7-9-11-13-20(15,16)17/h2-13H2,1H3. The lowest BCUT2D eigenvalue weighted by molar-refractivity contribution is -0.141. The highest BCUT2D eigenvalue weighted by atomic mass is 35.8. The molecule has 0 aliphatic heterocycles. The number of halogens is 3. The summed E-state index contributed by atoms with van der Waals surface area (Å²) in [6.45, 7) is 2.03. The third-order valence-corrected chi connectivity index (χ3v) is 5.78. The number of esters is 1. The Balaban J connectivity index is 3.05. The molecule has 0 saturated carbocycles. The number of hydrogen-bond donors (Lipinski definition) is 0. The average molecular weight is 362 g/mol. The first-order valence-corrected chi connectivity index (χ1v) is 12.9. The van der Waals surface area contributed by atoms with Gasteiger partial charge in [-0.05, 0) is 12.5 Å². The molecule has 2 nitrogen and oxygen atoms in total. The van der Waals surface area contributed by atoms with Gasteiger partial charge in [0.25, 0.3) is 0 Å². The molecule has 0 bridgehead atoms. The van der Waals surface area contributed by atoms with Crippen molar-refractivity contribution in [3.63, 3.8) is 0 Å². The van der Waals surface area contributed by atoms with Gasteiger partial charge in [-0.1, -0.05) is 57.8 Å². The Morgan fingerprint density at radius 1 is 0.800 bits per heavy atom. The van der Waals surface area contributed by atoms with Gasteiger partial charge in [-0.15, -0.1) is 33.2 Å². The molecule has 20 heavy (non-hydrogen) atoms. The molecule has 0 unspecified atom stereocenters. The Morgan fingerprint density at radius 2 is 1.20 bits per heavy atom. The fourth-order valence-electron chi connectivity index (χ4n) is 2.06. The lowest BCUT2D eigenvalue weighted by Gasteiger charge is -2.06. The molecule has 0 saturated heterocycles. The molecular formula is C14H27Cl3O2Si. The van der Waals surface area contributed by atoms with Gasteiger partial charge < -0.3 is 4.74 Å². The first-order valence-electron chi connectivity index (χ1n) is 7.62. The molecule has 120 valence electrons. The molecule has 0 amide bonds. The lowest BCUT2D eigenvalue weighted by atomic mass is 10.1. The van der Waals surface area contributed by atoms with Gasteiger partial charge >= 0.3 is 12.0 Å². The second kappa shape index (κ2) is 13.2. The normalized spacial score (nSPS) is 11.6. The maximum atomic E-state index is 10.5. The van der Waals surface area contributed by atoms with Gasteiger partial charge in [0.1, 0.15) is 0 Å². The van der Waals surface area contributed by atoms with Crippen molar-refractivity contribution >= 4 is 45.2 Å². The van der Waals surface area contributed by atoms with E-state index in [1.807, 2.05) is 0 Å². The topological polar surface area (TPSA) is 26.3 Å². The molecule has 0 rings (SSSR count). The predicted molar refractivity (Wildman–Crippen MR) is 90.9 cm³/mol. The predicted octanol–water partition coefficient (Wildman–Crippen LogP) is 6.11. The van der Waals surface area contributed by atoms with Crippen molar-refractivity contribution < 1.29 is 9.53 Å². The van der Waals surface area contributed by atoms with Crippen LogP contribution in [-0.4, -0.2) is 18.6 Å². The third-order valence-electron chi connectivity index (χ3n) is 3.16. The Morgan fingerprint density at radius 3 is 1.60 bits per heavy atom. The molecule has 0 aromatic carbocycles. The van der Waals surface area contributed by atoms with E-state index < -0.39 is 6.00 Å². The highest BCUT2D eigenvalue weighted by molar-refractivity contribution is 7.64. The summed E-state index contributed by atoms with van der Waals surface area (Å²) in [5.41, 5.74) is 0. The number of unbranched alkanes of at least 4 members (excludes halogenated alkanes) is 9. The second-order valence-corrected chi connectivity index (χ2v) is 14.5. The summed E-state index contributed by atoms with van der Waals surface area (Å²) in [4.78, 5) is 10.5. The van der Waals surface area contributed by atoms with Crippen molar-refractivity contribution in [3.05, 3.63) is 0 Å². The molecule has 0 aromatic rings. The van der Waals surface area contributed by atoms with Crippen LogP contribution in [0.5, 0.6) is 0 Å². The van der Waals surface area contributed by atoms with Crippen LogP contribution in [0.15, 0.2) is 0 Å². The largest absolute Gasteiger partial charge is 0.466 e. The summed E-state index contributed by atoms with van der Waals surface area (Å²) in [5, 5.41) is 0. The van der Waals surface area contributed by atoms with Crippen LogP contribution >= 0.6 is 33.2 Å². The zero-order valence-electron chi connectivity index (χ0n) is 12.4. The molecule has 0 atom stereocenters. The minimum Gasteiger partial charge on any atom is -0.466 e. The smallest absolute Gasteiger partial charge is 0.341 e. The highest BCUT2D eigenvalue weighted by Crippen LogP contribution is 2.27.